The lowest BCUT2D eigenvalue weighted by Crippen LogP contribution is -2.22. The molecule has 0 bridgehead atoms. The molecule has 0 aliphatic carbocycles. The highest BCUT2D eigenvalue weighted by atomic mass is 19.4. The summed E-state index contributed by atoms with van der Waals surface area (Å²) in [6, 6.07) is 22.6. The van der Waals surface area contributed by atoms with Gasteiger partial charge in [-0.1, -0.05) is 24.3 Å². The Morgan fingerprint density at radius 1 is 0.797 bits per heavy atom. The van der Waals surface area contributed by atoms with Crippen LogP contribution in [0.4, 0.5) is 24.5 Å². The Kier molecular flexibility index (Phi) is 21.7. The Labute approximate surface area is 344 Å². The van der Waals surface area contributed by atoms with Gasteiger partial charge in [-0.05, 0) is 105 Å². The van der Waals surface area contributed by atoms with Crippen LogP contribution in [-0.2, 0) is 47.7 Å². The zero-order valence-electron chi connectivity index (χ0n) is 33.9. The molecule has 1 heterocycles. The molecule has 0 fully saturated rings. The van der Waals surface area contributed by atoms with E-state index in [1.807, 2.05) is 55.5 Å². The predicted octanol–water partition coefficient (Wildman–Crippen LogP) is 7.58. The number of anilines is 2. The predicted molar refractivity (Wildman–Crippen MR) is 221 cm³/mol. The summed E-state index contributed by atoms with van der Waals surface area (Å²) in [6.07, 6.45) is -0.482. The summed E-state index contributed by atoms with van der Waals surface area (Å²) in [4.78, 5) is 40.6. The van der Waals surface area contributed by atoms with E-state index in [0.717, 1.165) is 71.8 Å². The molecule has 4 rings (SSSR count). The standard InChI is InChI=1S/C35H47N3O7.C9H8F3NO/c1-4-38(5-2)30-11-12-32(31(26-30)33-24-27(3)13-15-36-33)37-35(41)29-10-6-8-28(25-29)9-7-16-42-18-20-44-22-23-45-21-19-43-17-14-34(39)40;10-9(11,12)8-3-1-2-7(4-8)5-13-6-14/h6,8,10-13,15,24-26H,4-5,7,9,14,16-23H2,1-3H3,(H,37,41)(H,39,40);1-4,6H,5H2,(H,13,14). The number of nitrogens with zero attached hydrogens (tertiary/aromatic N) is 2. The number of pyridine rings is 1. The Bertz CT molecular complexity index is 1870. The molecule has 1 aromatic heterocycles. The van der Waals surface area contributed by atoms with Crippen LogP contribution >= 0.6 is 0 Å². The third kappa shape index (κ3) is 18.4. The van der Waals surface area contributed by atoms with Crippen LogP contribution in [0.25, 0.3) is 11.3 Å². The largest absolute Gasteiger partial charge is 0.481 e. The fourth-order valence-electron chi connectivity index (χ4n) is 5.70. The topological polar surface area (TPSA) is 149 Å². The van der Waals surface area contributed by atoms with Gasteiger partial charge in [0.2, 0.25) is 6.41 Å². The minimum absolute atomic E-state index is 0.00584. The van der Waals surface area contributed by atoms with Gasteiger partial charge in [0.25, 0.3) is 5.91 Å². The van der Waals surface area contributed by atoms with Crippen molar-refractivity contribution in [2.75, 3.05) is 76.2 Å². The van der Waals surface area contributed by atoms with Gasteiger partial charge in [0.15, 0.2) is 0 Å². The Balaban J connectivity index is 0.000000559. The molecule has 0 unspecified atom stereocenters. The number of nitrogens with one attached hydrogen (secondary N) is 2. The summed E-state index contributed by atoms with van der Waals surface area (Å²) in [7, 11) is 0. The molecule has 320 valence electrons. The molecule has 0 spiro atoms. The molecule has 0 atom stereocenters. The van der Waals surface area contributed by atoms with Crippen molar-refractivity contribution in [1.29, 1.82) is 0 Å². The average molecular weight is 825 g/mol. The molecule has 3 aromatic carbocycles. The smallest absolute Gasteiger partial charge is 0.416 e. The molecule has 4 aromatic rings. The molecule has 12 nitrogen and oxygen atoms in total. The first-order valence-corrected chi connectivity index (χ1v) is 19.5. The molecule has 3 N–H and O–H groups in total. The van der Waals surface area contributed by atoms with Crippen molar-refractivity contribution in [3.8, 4) is 11.3 Å². The van der Waals surface area contributed by atoms with Crippen LogP contribution in [0.5, 0.6) is 0 Å². The number of carboxylic acid groups (broad SMARTS) is 1. The van der Waals surface area contributed by atoms with Crippen molar-refractivity contribution in [2.24, 2.45) is 0 Å². The van der Waals surface area contributed by atoms with Crippen LogP contribution in [-0.4, -0.2) is 94.3 Å². The number of carbonyl (C=O) groups is 3. The van der Waals surface area contributed by atoms with Gasteiger partial charge in [-0.15, -0.1) is 0 Å². The highest BCUT2D eigenvalue weighted by Crippen LogP contribution is 2.32. The molecule has 0 aliphatic heterocycles. The van der Waals surface area contributed by atoms with Crippen molar-refractivity contribution in [1.82, 2.24) is 10.3 Å². The van der Waals surface area contributed by atoms with Crippen molar-refractivity contribution in [3.05, 3.63) is 113 Å². The maximum absolute atomic E-state index is 13.4. The highest BCUT2D eigenvalue weighted by Gasteiger charge is 2.30. The van der Waals surface area contributed by atoms with E-state index in [2.05, 4.69) is 40.4 Å². The van der Waals surface area contributed by atoms with E-state index >= 15 is 0 Å². The monoisotopic (exact) mass is 824 g/mol. The quantitative estimate of drug-likeness (QED) is 0.0451. The summed E-state index contributed by atoms with van der Waals surface area (Å²) in [5.74, 6) is -1.04. The van der Waals surface area contributed by atoms with E-state index in [1.165, 1.54) is 12.1 Å². The van der Waals surface area contributed by atoms with Gasteiger partial charge in [0, 0.05) is 49.3 Å². The number of alkyl halides is 3. The number of hydrogen-bond acceptors (Lipinski definition) is 9. The van der Waals surface area contributed by atoms with Gasteiger partial charge in [0.1, 0.15) is 0 Å². The molecule has 0 aliphatic rings. The fraction of sp³-hybridized carbons (Fsp3) is 0.409. The van der Waals surface area contributed by atoms with Gasteiger partial charge in [-0.3, -0.25) is 19.4 Å². The first kappa shape index (κ1) is 48.0. The molecule has 2 amide bonds. The van der Waals surface area contributed by atoms with Crippen LogP contribution in [0.3, 0.4) is 0 Å². The lowest BCUT2D eigenvalue weighted by atomic mass is 10.0. The van der Waals surface area contributed by atoms with Gasteiger partial charge in [-0.25, -0.2) is 0 Å². The SMILES string of the molecule is CCN(CC)c1ccc(NC(=O)c2cccc(CCCOCCOCCOCCOCCC(=O)O)c2)c(-c2cc(C)ccn2)c1.O=CNCc1cccc(C(F)(F)F)c1. The second-order valence-corrected chi connectivity index (χ2v) is 13.2. The maximum atomic E-state index is 13.4. The lowest BCUT2D eigenvalue weighted by Gasteiger charge is -2.23. The number of ether oxygens (including phenoxy) is 4. The van der Waals surface area contributed by atoms with Crippen LogP contribution in [0.2, 0.25) is 0 Å². The Morgan fingerprint density at radius 2 is 1.44 bits per heavy atom. The zero-order valence-corrected chi connectivity index (χ0v) is 33.9. The van der Waals surface area contributed by atoms with Crippen LogP contribution in [0.1, 0.15) is 59.3 Å². The maximum Gasteiger partial charge on any atom is 0.416 e. The van der Waals surface area contributed by atoms with Crippen molar-refractivity contribution >= 4 is 29.7 Å². The second kappa shape index (κ2) is 26.6. The summed E-state index contributed by atoms with van der Waals surface area (Å²) < 4.78 is 58.3. The normalized spacial score (nSPS) is 11.0. The second-order valence-electron chi connectivity index (χ2n) is 13.2. The first-order chi connectivity index (χ1) is 28.4. The number of aromatic nitrogens is 1. The molecule has 0 saturated carbocycles. The Morgan fingerprint density at radius 3 is 2.07 bits per heavy atom. The number of amides is 2. The number of halogens is 3. The third-order valence-electron chi connectivity index (χ3n) is 8.73. The minimum Gasteiger partial charge on any atom is -0.481 e. The van der Waals surface area contributed by atoms with Gasteiger partial charge < -0.3 is 39.6 Å². The van der Waals surface area contributed by atoms with Crippen LogP contribution in [0.15, 0.2) is 85.1 Å². The summed E-state index contributed by atoms with van der Waals surface area (Å²) >= 11 is 0. The highest BCUT2D eigenvalue weighted by molar-refractivity contribution is 6.06. The summed E-state index contributed by atoms with van der Waals surface area (Å²) in [5, 5.41) is 14.0. The molecule has 15 heteroatoms. The van der Waals surface area contributed by atoms with E-state index in [-0.39, 0.29) is 25.5 Å². The average Bonchev–Trinajstić information content (AvgIpc) is 3.22. The van der Waals surface area contributed by atoms with Gasteiger partial charge in [0.05, 0.1) is 69.6 Å². The summed E-state index contributed by atoms with van der Waals surface area (Å²) in [6.45, 7) is 11.6. The first-order valence-electron chi connectivity index (χ1n) is 19.5. The van der Waals surface area contributed by atoms with Crippen molar-refractivity contribution in [2.45, 2.75) is 52.8 Å². The van der Waals surface area contributed by atoms with Gasteiger partial charge in [-0.2, -0.15) is 13.2 Å². The number of hydrogen-bond donors (Lipinski definition) is 3. The third-order valence-corrected chi connectivity index (χ3v) is 8.73. The van der Waals surface area contributed by atoms with E-state index in [4.69, 9.17) is 24.1 Å². The number of carboxylic acids is 1. The van der Waals surface area contributed by atoms with E-state index in [1.54, 1.807) is 6.20 Å². The zero-order chi connectivity index (χ0) is 42.9. The number of aryl methyl sites for hydroxylation is 2. The number of rotatable bonds is 25. The lowest BCUT2D eigenvalue weighted by molar-refractivity contribution is -0.139. The van der Waals surface area contributed by atoms with Gasteiger partial charge >= 0.3 is 12.1 Å². The number of benzene rings is 3. The van der Waals surface area contributed by atoms with Crippen LogP contribution < -0.4 is 15.5 Å². The minimum atomic E-state index is -4.34. The molecule has 0 radical (unpaired) electrons. The van der Waals surface area contributed by atoms with Crippen LogP contribution in [0, 0.1) is 6.92 Å². The summed E-state index contributed by atoms with van der Waals surface area (Å²) in [5.41, 5.74) is 6.03. The molecular formula is C44H55F3N4O8. The van der Waals surface area contributed by atoms with Crippen molar-refractivity contribution in [3.63, 3.8) is 0 Å². The van der Waals surface area contributed by atoms with E-state index in [0.29, 0.717) is 63.8 Å². The molecular weight excluding hydrogens is 769 g/mol. The van der Waals surface area contributed by atoms with E-state index < -0.39 is 17.7 Å². The van der Waals surface area contributed by atoms with Crippen molar-refractivity contribution < 1.29 is 51.6 Å². The van der Waals surface area contributed by atoms with E-state index in [9.17, 15) is 27.6 Å². The fourth-order valence-corrected chi connectivity index (χ4v) is 5.70. The molecule has 59 heavy (non-hydrogen) atoms. The Hall–Kier alpha value is -5.35. The number of carbonyl (C=O) groups excluding carboxylic acids is 2. The molecule has 0 saturated heterocycles. The number of aliphatic carboxylic acids is 1.